The number of anilines is 1. The summed E-state index contributed by atoms with van der Waals surface area (Å²) in [6.45, 7) is 1.74. The maximum absolute atomic E-state index is 13.9. The fourth-order valence-electron chi connectivity index (χ4n) is 4.64. The average molecular weight is 531 g/mol. The number of benzene rings is 3. The van der Waals surface area contributed by atoms with Gasteiger partial charge in [0.2, 0.25) is 0 Å². The molecule has 1 saturated heterocycles. The number of hydrogen-bond acceptors (Lipinski definition) is 7. The fraction of sp³-hybridized carbons (Fsp3) is 0.333. The molecule has 0 spiro atoms. The molecule has 0 bridgehead atoms. The van der Waals surface area contributed by atoms with Crippen LogP contribution in [0.5, 0.6) is 23.0 Å². The molecule has 0 aliphatic carbocycles. The zero-order chi connectivity index (χ0) is 26.6. The number of ether oxygens (including phenoxy) is 3. The molecule has 0 radical (unpaired) electrons. The molecule has 0 unspecified atom stereocenters. The molecular formula is C27H31FN2O6S. The summed E-state index contributed by atoms with van der Waals surface area (Å²) in [4.78, 5) is 2.18. The Labute approximate surface area is 216 Å². The monoisotopic (exact) mass is 530 g/mol. The first-order chi connectivity index (χ1) is 17.8. The Kier molecular flexibility index (Phi) is 8.09. The van der Waals surface area contributed by atoms with Crippen molar-refractivity contribution < 1.29 is 32.1 Å². The van der Waals surface area contributed by atoms with Gasteiger partial charge in [0.25, 0.3) is 10.0 Å². The van der Waals surface area contributed by atoms with Crippen LogP contribution in [0.15, 0.2) is 65.6 Å². The summed E-state index contributed by atoms with van der Waals surface area (Å²) in [5.74, 6) is 0.907. The highest BCUT2D eigenvalue weighted by Gasteiger charge is 2.35. The molecule has 1 N–H and O–H groups in total. The molecule has 0 aromatic heterocycles. The van der Waals surface area contributed by atoms with Crippen molar-refractivity contribution in [3.8, 4) is 23.0 Å². The Morgan fingerprint density at radius 2 is 1.57 bits per heavy atom. The minimum absolute atomic E-state index is 0.00687. The van der Waals surface area contributed by atoms with Gasteiger partial charge in [-0.25, -0.2) is 12.8 Å². The lowest BCUT2D eigenvalue weighted by molar-refractivity contribution is 0.204. The number of phenolic OH excluding ortho intramolecular Hbond substituents is 1. The van der Waals surface area contributed by atoms with Crippen molar-refractivity contribution in [2.45, 2.75) is 30.3 Å². The number of nitrogens with zero attached hydrogens (tertiary/aromatic N) is 2. The summed E-state index contributed by atoms with van der Waals surface area (Å²) < 4.78 is 58.6. The molecule has 1 aliphatic heterocycles. The molecule has 4 rings (SSSR count). The van der Waals surface area contributed by atoms with Crippen LogP contribution < -0.4 is 18.5 Å². The van der Waals surface area contributed by atoms with Crippen LogP contribution in [0.2, 0.25) is 0 Å². The van der Waals surface area contributed by atoms with Crippen LogP contribution in [-0.4, -0.2) is 58.9 Å². The van der Waals surface area contributed by atoms with Gasteiger partial charge in [-0.3, -0.25) is 9.21 Å². The van der Waals surface area contributed by atoms with Gasteiger partial charge in [0.15, 0.2) is 23.0 Å². The van der Waals surface area contributed by atoms with E-state index in [2.05, 4.69) is 4.90 Å². The summed E-state index contributed by atoms with van der Waals surface area (Å²) >= 11 is 0. The third kappa shape index (κ3) is 5.60. The predicted molar refractivity (Wildman–Crippen MR) is 139 cm³/mol. The molecule has 1 fully saturated rings. The maximum Gasteiger partial charge on any atom is 0.264 e. The van der Waals surface area contributed by atoms with E-state index in [9.17, 15) is 17.9 Å². The van der Waals surface area contributed by atoms with Crippen molar-refractivity contribution in [2.75, 3.05) is 38.7 Å². The lowest BCUT2D eigenvalue weighted by Gasteiger charge is -2.39. The van der Waals surface area contributed by atoms with Crippen LogP contribution in [0.1, 0.15) is 18.4 Å². The van der Waals surface area contributed by atoms with Gasteiger partial charge in [0, 0.05) is 37.3 Å². The number of rotatable bonds is 9. The van der Waals surface area contributed by atoms with E-state index < -0.39 is 15.8 Å². The number of methoxy groups -OCH3 is 3. The lowest BCUT2D eigenvalue weighted by atomic mass is 10.0. The SMILES string of the molecule is COc1ccc(N(C2CCN(Cc3cccc(OC)c3O)CC2)S(=O)(=O)c2ccc(F)cc2)cc1OC. The van der Waals surface area contributed by atoms with E-state index in [1.807, 2.05) is 12.1 Å². The van der Waals surface area contributed by atoms with E-state index in [4.69, 9.17) is 14.2 Å². The molecule has 198 valence electrons. The molecule has 3 aromatic carbocycles. The molecule has 0 amide bonds. The second-order valence-corrected chi connectivity index (χ2v) is 10.6. The Hall–Kier alpha value is -3.50. The predicted octanol–water partition coefficient (Wildman–Crippen LogP) is 4.42. The zero-order valence-corrected chi connectivity index (χ0v) is 21.9. The molecule has 3 aromatic rings. The largest absolute Gasteiger partial charge is 0.504 e. The second kappa shape index (κ2) is 11.3. The van der Waals surface area contributed by atoms with E-state index in [0.717, 1.165) is 17.7 Å². The number of likely N-dealkylation sites (tertiary alicyclic amines) is 1. The smallest absolute Gasteiger partial charge is 0.264 e. The average Bonchev–Trinajstić information content (AvgIpc) is 2.91. The van der Waals surface area contributed by atoms with Gasteiger partial charge < -0.3 is 19.3 Å². The molecule has 0 atom stereocenters. The van der Waals surface area contributed by atoms with E-state index >= 15 is 0 Å². The zero-order valence-electron chi connectivity index (χ0n) is 21.1. The summed E-state index contributed by atoms with van der Waals surface area (Å²) in [6.07, 6.45) is 1.11. The van der Waals surface area contributed by atoms with Gasteiger partial charge >= 0.3 is 0 Å². The van der Waals surface area contributed by atoms with Crippen LogP contribution in [0, 0.1) is 5.82 Å². The molecule has 8 nitrogen and oxygen atoms in total. The van der Waals surface area contributed by atoms with E-state index in [1.165, 1.54) is 37.8 Å². The summed E-state index contributed by atoms with van der Waals surface area (Å²) in [7, 11) is 0.504. The summed E-state index contributed by atoms with van der Waals surface area (Å²) in [5.41, 5.74) is 1.18. The Morgan fingerprint density at radius 3 is 2.19 bits per heavy atom. The number of halogens is 1. The molecule has 1 heterocycles. The van der Waals surface area contributed by atoms with Crippen molar-refractivity contribution in [2.24, 2.45) is 0 Å². The summed E-state index contributed by atoms with van der Waals surface area (Å²) in [5, 5.41) is 10.5. The molecule has 10 heteroatoms. The second-order valence-electron chi connectivity index (χ2n) is 8.77. The van der Waals surface area contributed by atoms with Crippen molar-refractivity contribution in [1.29, 1.82) is 0 Å². The number of aromatic hydroxyl groups is 1. The van der Waals surface area contributed by atoms with Gasteiger partial charge in [-0.05, 0) is 55.3 Å². The molecular weight excluding hydrogens is 499 g/mol. The lowest BCUT2D eigenvalue weighted by Crippen LogP contribution is -2.47. The molecule has 1 aliphatic rings. The number of hydrogen-bond donors (Lipinski definition) is 1. The van der Waals surface area contributed by atoms with Crippen LogP contribution in [0.3, 0.4) is 0 Å². The minimum atomic E-state index is -4.01. The highest BCUT2D eigenvalue weighted by molar-refractivity contribution is 7.92. The first kappa shape index (κ1) is 26.6. The standard InChI is InChI=1S/C27H31FN2O6S/c1-34-24-12-9-22(17-26(24)36-3)30(37(32,33)23-10-7-20(28)8-11-23)21-13-15-29(16-14-21)18-19-5-4-6-25(35-2)27(19)31/h4-12,17,21,31H,13-16,18H2,1-3H3. The molecule has 37 heavy (non-hydrogen) atoms. The topological polar surface area (TPSA) is 88.5 Å². The van der Waals surface area contributed by atoms with Gasteiger partial charge in [0.1, 0.15) is 5.82 Å². The molecule has 0 saturated carbocycles. The van der Waals surface area contributed by atoms with Crippen LogP contribution in [-0.2, 0) is 16.6 Å². The van der Waals surface area contributed by atoms with E-state index in [0.29, 0.717) is 55.4 Å². The van der Waals surface area contributed by atoms with Gasteiger partial charge in [-0.1, -0.05) is 12.1 Å². The Balaban J connectivity index is 1.62. The number of phenols is 1. The van der Waals surface area contributed by atoms with Crippen molar-refractivity contribution in [3.05, 3.63) is 72.0 Å². The Morgan fingerprint density at radius 1 is 0.919 bits per heavy atom. The highest BCUT2D eigenvalue weighted by Crippen LogP contribution is 2.37. The summed E-state index contributed by atoms with van der Waals surface area (Å²) in [6, 6.07) is 14.9. The third-order valence-corrected chi connectivity index (χ3v) is 8.47. The van der Waals surface area contributed by atoms with E-state index in [1.54, 1.807) is 24.3 Å². The number of para-hydroxylation sites is 1. The maximum atomic E-state index is 13.9. The van der Waals surface area contributed by atoms with Crippen molar-refractivity contribution in [1.82, 2.24) is 4.90 Å². The number of sulfonamides is 1. The van der Waals surface area contributed by atoms with Crippen LogP contribution >= 0.6 is 0 Å². The normalized spacial score (nSPS) is 14.8. The van der Waals surface area contributed by atoms with Crippen LogP contribution in [0.4, 0.5) is 10.1 Å². The van der Waals surface area contributed by atoms with Gasteiger partial charge in [-0.2, -0.15) is 0 Å². The quantitative estimate of drug-likeness (QED) is 0.438. The minimum Gasteiger partial charge on any atom is -0.504 e. The van der Waals surface area contributed by atoms with E-state index in [-0.39, 0.29) is 16.7 Å². The van der Waals surface area contributed by atoms with Crippen molar-refractivity contribution >= 4 is 15.7 Å². The first-order valence-electron chi connectivity index (χ1n) is 11.9. The third-order valence-electron chi connectivity index (χ3n) is 6.58. The van der Waals surface area contributed by atoms with Crippen LogP contribution in [0.25, 0.3) is 0 Å². The van der Waals surface area contributed by atoms with Crippen molar-refractivity contribution in [3.63, 3.8) is 0 Å². The number of piperidine rings is 1. The van der Waals surface area contributed by atoms with Gasteiger partial charge in [0.05, 0.1) is 31.9 Å². The Bertz CT molecular complexity index is 1330. The fourth-order valence-corrected chi connectivity index (χ4v) is 6.34. The van der Waals surface area contributed by atoms with Gasteiger partial charge in [-0.15, -0.1) is 0 Å². The highest BCUT2D eigenvalue weighted by atomic mass is 32.2. The first-order valence-corrected chi connectivity index (χ1v) is 13.3.